The van der Waals surface area contributed by atoms with Gasteiger partial charge in [-0.05, 0) is 29.8 Å². The molecule has 2 aromatic rings. The quantitative estimate of drug-likeness (QED) is 0.295. The average molecular weight is 427 g/mol. The van der Waals surface area contributed by atoms with Gasteiger partial charge in [0, 0.05) is 12.1 Å². The van der Waals surface area contributed by atoms with Crippen molar-refractivity contribution in [1.29, 1.82) is 0 Å². The lowest BCUT2D eigenvalue weighted by Crippen LogP contribution is -2.20. The zero-order chi connectivity index (χ0) is 21.4. The lowest BCUT2D eigenvalue weighted by Gasteiger charge is -2.11. The predicted molar refractivity (Wildman–Crippen MR) is 99.8 cm³/mol. The highest BCUT2D eigenvalue weighted by atomic mass is 35.5. The molecule has 0 saturated heterocycles. The molecule has 2 aromatic carbocycles. The fraction of sp³-hybridized carbons (Fsp3) is 0.111. The van der Waals surface area contributed by atoms with E-state index in [1.165, 1.54) is 48.5 Å². The minimum atomic E-state index is -3.07. The van der Waals surface area contributed by atoms with E-state index in [1.807, 2.05) is 0 Å². The van der Waals surface area contributed by atoms with Crippen molar-refractivity contribution < 1.29 is 32.8 Å². The van der Waals surface area contributed by atoms with Crippen molar-refractivity contribution in [2.75, 3.05) is 11.9 Å². The number of nitro groups is 1. The monoisotopic (exact) mass is 426 g/mol. The summed E-state index contributed by atoms with van der Waals surface area (Å²) in [7, 11) is 0. The molecule has 29 heavy (non-hydrogen) atoms. The van der Waals surface area contributed by atoms with Crippen LogP contribution < -0.4 is 10.1 Å². The van der Waals surface area contributed by atoms with Gasteiger partial charge in [-0.25, -0.2) is 4.79 Å². The highest BCUT2D eigenvalue weighted by Gasteiger charge is 2.13. The first-order chi connectivity index (χ1) is 13.8. The first kappa shape index (κ1) is 21.8. The van der Waals surface area contributed by atoms with Gasteiger partial charge in [0.25, 0.3) is 11.6 Å². The summed E-state index contributed by atoms with van der Waals surface area (Å²) in [6, 6.07) is 9.43. The summed E-state index contributed by atoms with van der Waals surface area (Å²) < 4.78 is 33.7. The Bertz CT molecular complexity index is 952. The average Bonchev–Trinajstić information content (AvgIpc) is 2.66. The standard InChI is InChI=1S/C18H13ClF2N2O6/c19-12-7-5-11(9-14(12)23(26)27)6-8-17(25)28-10-16(24)22-13-3-1-2-4-15(13)29-18(20)21/h1-9,18H,10H2,(H,22,24)/b8-6+. The molecule has 11 heteroatoms. The normalized spacial score (nSPS) is 10.8. The molecule has 0 atom stereocenters. The number of anilines is 1. The molecule has 2 rings (SSSR count). The number of rotatable bonds is 8. The largest absolute Gasteiger partial charge is 0.452 e. The Morgan fingerprint density at radius 1 is 1.24 bits per heavy atom. The van der Waals surface area contributed by atoms with Crippen molar-refractivity contribution in [2.45, 2.75) is 6.61 Å². The summed E-state index contributed by atoms with van der Waals surface area (Å²) in [6.07, 6.45) is 2.21. The van der Waals surface area contributed by atoms with Crippen LogP contribution in [0.15, 0.2) is 48.5 Å². The van der Waals surface area contributed by atoms with Crippen molar-refractivity contribution in [3.8, 4) is 5.75 Å². The van der Waals surface area contributed by atoms with Crippen LogP contribution in [0.5, 0.6) is 5.75 Å². The summed E-state index contributed by atoms with van der Waals surface area (Å²) in [4.78, 5) is 33.7. The van der Waals surface area contributed by atoms with Crippen LogP contribution in [0.3, 0.4) is 0 Å². The molecule has 0 heterocycles. The Morgan fingerprint density at radius 2 is 1.97 bits per heavy atom. The van der Waals surface area contributed by atoms with Gasteiger partial charge < -0.3 is 14.8 Å². The molecule has 0 saturated carbocycles. The van der Waals surface area contributed by atoms with Crippen molar-refractivity contribution in [1.82, 2.24) is 0 Å². The molecule has 0 spiro atoms. The van der Waals surface area contributed by atoms with Gasteiger partial charge in [-0.2, -0.15) is 8.78 Å². The maximum absolute atomic E-state index is 12.4. The molecule has 0 radical (unpaired) electrons. The maximum atomic E-state index is 12.4. The molecule has 0 unspecified atom stereocenters. The van der Waals surface area contributed by atoms with Crippen LogP contribution in [0.1, 0.15) is 5.56 Å². The Morgan fingerprint density at radius 3 is 2.66 bits per heavy atom. The summed E-state index contributed by atoms with van der Waals surface area (Å²) in [6.45, 7) is -3.76. The molecule has 0 aliphatic heterocycles. The Balaban J connectivity index is 1.91. The predicted octanol–water partition coefficient (Wildman–Crippen LogP) is 4.04. The highest BCUT2D eigenvalue weighted by Crippen LogP contribution is 2.26. The van der Waals surface area contributed by atoms with Crippen molar-refractivity contribution >= 4 is 40.9 Å². The minimum Gasteiger partial charge on any atom is -0.452 e. The number of carbonyl (C=O) groups is 2. The maximum Gasteiger partial charge on any atom is 0.387 e. The number of nitrogens with one attached hydrogen (secondary N) is 1. The zero-order valence-corrected chi connectivity index (χ0v) is 15.3. The number of carbonyl (C=O) groups excluding carboxylic acids is 2. The molecule has 0 aliphatic rings. The van der Waals surface area contributed by atoms with Gasteiger partial charge in [0.1, 0.15) is 10.8 Å². The molecule has 8 nitrogen and oxygen atoms in total. The summed E-state index contributed by atoms with van der Waals surface area (Å²) in [5.74, 6) is -1.92. The Kier molecular flexibility index (Phi) is 7.61. The molecule has 1 amide bonds. The second-order valence-corrected chi connectivity index (χ2v) is 5.74. The number of alkyl halides is 2. The van der Waals surface area contributed by atoms with Crippen LogP contribution >= 0.6 is 11.6 Å². The minimum absolute atomic E-state index is 0.0159. The van der Waals surface area contributed by atoms with Crippen molar-refractivity contribution in [3.63, 3.8) is 0 Å². The second-order valence-electron chi connectivity index (χ2n) is 5.33. The number of amides is 1. The van der Waals surface area contributed by atoms with E-state index in [0.29, 0.717) is 5.56 Å². The van der Waals surface area contributed by atoms with Crippen LogP contribution in [0.25, 0.3) is 6.08 Å². The third-order valence-corrected chi connectivity index (χ3v) is 3.62. The number of nitrogens with zero attached hydrogens (tertiary/aromatic N) is 1. The van der Waals surface area contributed by atoms with Gasteiger partial charge >= 0.3 is 12.6 Å². The number of benzene rings is 2. The van der Waals surface area contributed by atoms with Crippen LogP contribution in [0.4, 0.5) is 20.2 Å². The first-order valence-corrected chi connectivity index (χ1v) is 8.26. The molecule has 0 aliphatic carbocycles. The summed E-state index contributed by atoms with van der Waals surface area (Å²) in [5, 5.41) is 13.1. The zero-order valence-electron chi connectivity index (χ0n) is 14.5. The van der Waals surface area contributed by atoms with E-state index in [-0.39, 0.29) is 22.1 Å². The number of esters is 1. The Labute approximate surface area is 167 Å². The summed E-state index contributed by atoms with van der Waals surface area (Å²) in [5.41, 5.74) is -0.0234. The van der Waals surface area contributed by atoms with Crippen molar-refractivity contribution in [3.05, 3.63) is 69.2 Å². The van der Waals surface area contributed by atoms with E-state index >= 15 is 0 Å². The van der Waals surface area contributed by atoms with E-state index in [1.54, 1.807) is 0 Å². The number of nitro benzene ring substituents is 1. The molecular weight excluding hydrogens is 414 g/mol. The highest BCUT2D eigenvalue weighted by molar-refractivity contribution is 6.32. The van der Waals surface area contributed by atoms with E-state index < -0.39 is 30.0 Å². The molecule has 1 N–H and O–H groups in total. The van der Waals surface area contributed by atoms with Gasteiger partial charge in [0.2, 0.25) is 0 Å². The van der Waals surface area contributed by atoms with Crippen LogP contribution in [0, 0.1) is 10.1 Å². The number of halogens is 3. The number of ether oxygens (including phenoxy) is 2. The third kappa shape index (κ3) is 6.85. The van der Waals surface area contributed by atoms with Crippen molar-refractivity contribution in [2.24, 2.45) is 0 Å². The van der Waals surface area contributed by atoms with Gasteiger partial charge in [-0.3, -0.25) is 14.9 Å². The SMILES string of the molecule is O=C(COC(=O)/C=C/c1ccc(Cl)c([N+](=O)[O-])c1)Nc1ccccc1OC(F)F. The van der Waals surface area contributed by atoms with E-state index in [0.717, 1.165) is 6.08 Å². The smallest absolute Gasteiger partial charge is 0.387 e. The number of hydrogen-bond acceptors (Lipinski definition) is 6. The van der Waals surface area contributed by atoms with Crippen LogP contribution in [0.2, 0.25) is 5.02 Å². The van der Waals surface area contributed by atoms with Gasteiger partial charge in [0.05, 0.1) is 10.6 Å². The van der Waals surface area contributed by atoms with Gasteiger partial charge in [-0.15, -0.1) is 0 Å². The second kappa shape index (κ2) is 10.1. The van der Waals surface area contributed by atoms with Crippen LogP contribution in [-0.4, -0.2) is 30.0 Å². The first-order valence-electron chi connectivity index (χ1n) is 7.88. The lowest BCUT2D eigenvalue weighted by atomic mass is 10.2. The lowest BCUT2D eigenvalue weighted by molar-refractivity contribution is -0.384. The van der Waals surface area contributed by atoms with Gasteiger partial charge in [0.15, 0.2) is 6.61 Å². The molecule has 0 aromatic heterocycles. The third-order valence-electron chi connectivity index (χ3n) is 3.30. The fourth-order valence-electron chi connectivity index (χ4n) is 2.08. The fourth-order valence-corrected chi connectivity index (χ4v) is 2.26. The molecule has 0 bridgehead atoms. The van der Waals surface area contributed by atoms with E-state index in [9.17, 15) is 28.5 Å². The summed E-state index contributed by atoms with van der Waals surface area (Å²) >= 11 is 5.69. The Hall–Kier alpha value is -3.53. The molecule has 152 valence electrons. The number of para-hydroxylation sites is 2. The van der Waals surface area contributed by atoms with Gasteiger partial charge in [-0.1, -0.05) is 29.8 Å². The van der Waals surface area contributed by atoms with E-state index in [2.05, 4.69) is 10.1 Å². The number of hydrogen-bond donors (Lipinski definition) is 1. The van der Waals surface area contributed by atoms with E-state index in [4.69, 9.17) is 16.3 Å². The molecule has 0 fully saturated rings. The van der Waals surface area contributed by atoms with Crippen LogP contribution in [-0.2, 0) is 14.3 Å². The molecular formula is C18H13ClF2N2O6. The topological polar surface area (TPSA) is 108 Å².